The van der Waals surface area contributed by atoms with Gasteiger partial charge in [-0.2, -0.15) is 0 Å². The van der Waals surface area contributed by atoms with E-state index in [1.165, 1.54) is 77.0 Å². The standard InChI is InChI=1S/C21H42N2O3/c1-2-3-4-5-6-7-8-9-10-11-12-13-14-15-18-26-21(25)19(22)16-17-20(23)24/h19H,2-18,22H2,1H3,(H2,23,24). The molecular weight excluding hydrogens is 328 g/mol. The smallest absolute Gasteiger partial charge is 0.322 e. The summed E-state index contributed by atoms with van der Waals surface area (Å²) in [5.74, 6) is -0.874. The summed E-state index contributed by atoms with van der Waals surface area (Å²) in [7, 11) is 0. The average Bonchev–Trinajstić information content (AvgIpc) is 2.62. The van der Waals surface area contributed by atoms with Crippen molar-refractivity contribution in [2.24, 2.45) is 11.5 Å². The Hall–Kier alpha value is -1.10. The molecule has 0 radical (unpaired) electrons. The summed E-state index contributed by atoms with van der Waals surface area (Å²) in [6.45, 7) is 2.68. The van der Waals surface area contributed by atoms with Gasteiger partial charge in [-0.05, 0) is 12.8 Å². The lowest BCUT2D eigenvalue weighted by molar-refractivity contribution is -0.145. The fourth-order valence-corrected chi connectivity index (χ4v) is 2.99. The van der Waals surface area contributed by atoms with Crippen LogP contribution < -0.4 is 11.5 Å². The van der Waals surface area contributed by atoms with E-state index in [4.69, 9.17) is 16.2 Å². The lowest BCUT2D eigenvalue weighted by Crippen LogP contribution is -2.33. The number of carbonyl (C=O) groups is 2. The van der Waals surface area contributed by atoms with E-state index in [1.54, 1.807) is 0 Å². The highest BCUT2D eigenvalue weighted by Crippen LogP contribution is 2.13. The lowest BCUT2D eigenvalue weighted by Gasteiger charge is -2.10. The molecule has 26 heavy (non-hydrogen) atoms. The summed E-state index contributed by atoms with van der Waals surface area (Å²) in [6, 6.07) is -0.742. The van der Waals surface area contributed by atoms with Gasteiger partial charge in [-0.15, -0.1) is 0 Å². The van der Waals surface area contributed by atoms with E-state index in [0.717, 1.165) is 12.8 Å². The van der Waals surface area contributed by atoms with Crippen molar-refractivity contribution < 1.29 is 14.3 Å². The van der Waals surface area contributed by atoms with Crippen LogP contribution in [0.1, 0.15) is 110 Å². The average molecular weight is 371 g/mol. The topological polar surface area (TPSA) is 95.4 Å². The van der Waals surface area contributed by atoms with Gasteiger partial charge in [0.2, 0.25) is 5.91 Å². The third-order valence-corrected chi connectivity index (χ3v) is 4.75. The predicted octanol–water partition coefficient (Wildman–Crippen LogP) is 4.60. The van der Waals surface area contributed by atoms with Gasteiger partial charge in [-0.1, -0.05) is 90.4 Å². The molecule has 5 heteroatoms. The number of unbranched alkanes of at least 4 members (excludes halogenated alkanes) is 13. The summed E-state index contributed by atoms with van der Waals surface area (Å²) in [5, 5.41) is 0. The number of nitrogens with two attached hydrogens (primary N) is 2. The first-order valence-corrected chi connectivity index (χ1v) is 10.8. The van der Waals surface area contributed by atoms with Gasteiger partial charge in [-0.25, -0.2) is 0 Å². The molecule has 0 aliphatic carbocycles. The molecule has 5 nitrogen and oxygen atoms in total. The second kappa shape index (κ2) is 18.7. The summed E-state index contributed by atoms with van der Waals surface area (Å²) in [6.07, 6.45) is 18.6. The zero-order valence-corrected chi connectivity index (χ0v) is 17.0. The number of rotatable bonds is 19. The van der Waals surface area contributed by atoms with Crippen LogP contribution in [0.3, 0.4) is 0 Å². The second-order valence-electron chi connectivity index (χ2n) is 7.38. The minimum atomic E-state index is -0.742. The summed E-state index contributed by atoms with van der Waals surface area (Å²) < 4.78 is 5.13. The molecule has 0 fully saturated rings. The molecule has 1 amide bonds. The van der Waals surface area contributed by atoms with Crippen molar-refractivity contribution in [1.29, 1.82) is 0 Å². The molecule has 0 heterocycles. The molecule has 0 spiro atoms. The van der Waals surface area contributed by atoms with Crippen LogP contribution in [0.2, 0.25) is 0 Å². The van der Waals surface area contributed by atoms with Crippen LogP contribution in [0.15, 0.2) is 0 Å². The van der Waals surface area contributed by atoms with Crippen molar-refractivity contribution in [3.8, 4) is 0 Å². The van der Waals surface area contributed by atoms with Crippen LogP contribution in [0.5, 0.6) is 0 Å². The maximum atomic E-state index is 11.6. The summed E-state index contributed by atoms with van der Waals surface area (Å²) in [4.78, 5) is 22.2. The largest absolute Gasteiger partial charge is 0.465 e. The lowest BCUT2D eigenvalue weighted by atomic mass is 10.0. The van der Waals surface area contributed by atoms with Crippen molar-refractivity contribution in [1.82, 2.24) is 0 Å². The fourth-order valence-electron chi connectivity index (χ4n) is 2.99. The molecule has 1 atom stereocenters. The van der Waals surface area contributed by atoms with Crippen molar-refractivity contribution >= 4 is 11.9 Å². The van der Waals surface area contributed by atoms with Gasteiger partial charge in [0, 0.05) is 6.42 Å². The Morgan fingerprint density at radius 2 is 1.19 bits per heavy atom. The van der Waals surface area contributed by atoms with Crippen molar-refractivity contribution in [3.63, 3.8) is 0 Å². The molecule has 1 unspecified atom stereocenters. The molecule has 0 rings (SSSR count). The van der Waals surface area contributed by atoms with Crippen molar-refractivity contribution in [2.45, 2.75) is 116 Å². The fraction of sp³-hybridized carbons (Fsp3) is 0.905. The molecule has 4 N–H and O–H groups in total. The quantitative estimate of drug-likeness (QED) is 0.256. The normalized spacial score (nSPS) is 12.1. The van der Waals surface area contributed by atoms with Crippen molar-refractivity contribution in [2.75, 3.05) is 6.61 Å². The van der Waals surface area contributed by atoms with E-state index < -0.39 is 17.9 Å². The second-order valence-corrected chi connectivity index (χ2v) is 7.38. The number of hydrogen-bond donors (Lipinski definition) is 2. The summed E-state index contributed by atoms with van der Waals surface area (Å²) in [5.41, 5.74) is 10.7. The molecule has 0 aromatic heterocycles. The van der Waals surface area contributed by atoms with Crippen LogP contribution in [-0.2, 0) is 14.3 Å². The molecule has 154 valence electrons. The molecule has 0 saturated heterocycles. The zero-order valence-electron chi connectivity index (χ0n) is 17.0. The number of hydrogen-bond acceptors (Lipinski definition) is 4. The van der Waals surface area contributed by atoms with Crippen LogP contribution in [0.4, 0.5) is 0 Å². The Kier molecular flexibility index (Phi) is 17.9. The minimum absolute atomic E-state index is 0.120. The van der Waals surface area contributed by atoms with E-state index >= 15 is 0 Å². The number of amides is 1. The Labute approximate surface area is 160 Å². The number of carbonyl (C=O) groups excluding carboxylic acids is 2. The Bertz CT molecular complexity index is 348. The van der Waals surface area contributed by atoms with Crippen LogP contribution in [0.25, 0.3) is 0 Å². The minimum Gasteiger partial charge on any atom is -0.465 e. The van der Waals surface area contributed by atoms with E-state index in [-0.39, 0.29) is 12.8 Å². The Morgan fingerprint density at radius 3 is 1.62 bits per heavy atom. The third-order valence-electron chi connectivity index (χ3n) is 4.75. The monoisotopic (exact) mass is 370 g/mol. The summed E-state index contributed by atoms with van der Waals surface area (Å²) >= 11 is 0. The van der Waals surface area contributed by atoms with Gasteiger partial charge in [0.1, 0.15) is 6.04 Å². The van der Waals surface area contributed by atoms with E-state index in [0.29, 0.717) is 6.61 Å². The SMILES string of the molecule is CCCCCCCCCCCCCCCCOC(=O)C(N)CCC(N)=O. The van der Waals surface area contributed by atoms with Gasteiger partial charge in [0.15, 0.2) is 0 Å². The first kappa shape index (κ1) is 24.9. The van der Waals surface area contributed by atoms with Crippen molar-refractivity contribution in [3.05, 3.63) is 0 Å². The Morgan fingerprint density at radius 1 is 0.769 bits per heavy atom. The highest BCUT2D eigenvalue weighted by atomic mass is 16.5. The Balaban J connectivity index is 3.24. The molecule has 0 aromatic rings. The highest BCUT2D eigenvalue weighted by molar-refractivity contribution is 5.78. The van der Waals surface area contributed by atoms with Crippen LogP contribution >= 0.6 is 0 Å². The van der Waals surface area contributed by atoms with Gasteiger partial charge in [-0.3, -0.25) is 9.59 Å². The molecule has 0 aliphatic rings. The molecular formula is C21H42N2O3. The third kappa shape index (κ3) is 17.7. The van der Waals surface area contributed by atoms with E-state index in [9.17, 15) is 9.59 Å². The maximum Gasteiger partial charge on any atom is 0.322 e. The van der Waals surface area contributed by atoms with Crippen LogP contribution in [-0.4, -0.2) is 24.5 Å². The first-order valence-electron chi connectivity index (χ1n) is 10.8. The van der Waals surface area contributed by atoms with Gasteiger partial charge in [0.25, 0.3) is 0 Å². The molecule has 0 aromatic carbocycles. The maximum absolute atomic E-state index is 11.6. The van der Waals surface area contributed by atoms with Gasteiger partial charge in [0.05, 0.1) is 6.61 Å². The number of primary amides is 1. The highest BCUT2D eigenvalue weighted by Gasteiger charge is 2.15. The molecule has 0 aliphatic heterocycles. The zero-order chi connectivity index (χ0) is 19.5. The molecule has 0 saturated carbocycles. The number of ether oxygens (including phenoxy) is 1. The van der Waals surface area contributed by atoms with E-state index in [1.807, 2.05) is 0 Å². The first-order chi connectivity index (χ1) is 12.6. The predicted molar refractivity (Wildman–Crippen MR) is 108 cm³/mol. The number of esters is 1. The van der Waals surface area contributed by atoms with Gasteiger partial charge >= 0.3 is 5.97 Å². The van der Waals surface area contributed by atoms with Gasteiger partial charge < -0.3 is 16.2 Å². The molecule has 0 bridgehead atoms. The van der Waals surface area contributed by atoms with E-state index in [2.05, 4.69) is 6.92 Å². The van der Waals surface area contributed by atoms with Crippen LogP contribution in [0, 0.1) is 0 Å².